The molecule has 0 amide bonds. The van der Waals surface area contributed by atoms with Gasteiger partial charge in [0.25, 0.3) is 0 Å². The van der Waals surface area contributed by atoms with Crippen molar-refractivity contribution in [1.82, 2.24) is 5.32 Å². The Morgan fingerprint density at radius 2 is 1.95 bits per heavy atom. The second-order valence-corrected chi connectivity index (χ2v) is 5.91. The minimum Gasteiger partial charge on any atom is -0.494 e. The molecular weight excluding hydrogens is 266 g/mol. The Kier molecular flexibility index (Phi) is 5.62. The highest BCUT2D eigenvalue weighted by atomic mass is 32.1. The van der Waals surface area contributed by atoms with E-state index < -0.39 is 0 Å². The van der Waals surface area contributed by atoms with Crippen molar-refractivity contribution in [3.05, 3.63) is 51.7 Å². The molecule has 1 N–H and O–H groups in total. The van der Waals surface area contributed by atoms with Gasteiger partial charge >= 0.3 is 0 Å². The highest BCUT2D eigenvalue weighted by molar-refractivity contribution is 7.10. The number of hydrogen-bond donors (Lipinski definition) is 1. The second-order valence-electron chi connectivity index (χ2n) is 4.79. The highest BCUT2D eigenvalue weighted by Gasteiger charge is 2.19. The zero-order chi connectivity index (χ0) is 14.4. The van der Waals surface area contributed by atoms with Crippen LogP contribution in [0.25, 0.3) is 0 Å². The molecule has 0 radical (unpaired) electrons. The van der Waals surface area contributed by atoms with Gasteiger partial charge in [-0.3, -0.25) is 0 Å². The molecule has 2 nitrogen and oxygen atoms in total. The predicted molar refractivity (Wildman–Crippen MR) is 86.8 cm³/mol. The van der Waals surface area contributed by atoms with Crippen LogP contribution in [0.3, 0.4) is 0 Å². The van der Waals surface area contributed by atoms with Gasteiger partial charge in [-0.15, -0.1) is 11.3 Å². The van der Waals surface area contributed by atoms with E-state index in [1.165, 1.54) is 16.0 Å². The van der Waals surface area contributed by atoms with Crippen molar-refractivity contribution in [3.8, 4) is 5.75 Å². The third-order valence-electron chi connectivity index (χ3n) is 3.34. The Morgan fingerprint density at radius 3 is 2.60 bits per heavy atom. The summed E-state index contributed by atoms with van der Waals surface area (Å²) < 4.78 is 5.80. The van der Waals surface area contributed by atoms with Gasteiger partial charge in [0, 0.05) is 10.4 Å². The van der Waals surface area contributed by atoms with Crippen LogP contribution in [0.1, 0.15) is 42.3 Å². The van der Waals surface area contributed by atoms with E-state index in [-0.39, 0.29) is 6.04 Å². The largest absolute Gasteiger partial charge is 0.494 e. The Bertz CT molecular complexity index is 535. The van der Waals surface area contributed by atoms with Crippen LogP contribution in [0.2, 0.25) is 0 Å². The monoisotopic (exact) mass is 289 g/mol. The number of benzene rings is 1. The van der Waals surface area contributed by atoms with E-state index in [4.69, 9.17) is 4.74 Å². The van der Waals surface area contributed by atoms with Gasteiger partial charge < -0.3 is 10.1 Å². The van der Waals surface area contributed by atoms with Crippen LogP contribution in [0.5, 0.6) is 5.75 Å². The molecule has 1 heterocycles. The van der Waals surface area contributed by atoms with Crippen LogP contribution in [0.15, 0.2) is 35.7 Å². The standard InChI is InChI=1S/C17H23NOS/c1-4-11-18-17(14-10-12-20-13(14)3)15-8-6-7-9-16(15)19-5-2/h6-10,12,17-18H,4-5,11H2,1-3H3. The maximum Gasteiger partial charge on any atom is 0.124 e. The number of para-hydroxylation sites is 1. The normalized spacial score (nSPS) is 12.3. The van der Waals surface area contributed by atoms with Gasteiger partial charge in [-0.1, -0.05) is 25.1 Å². The van der Waals surface area contributed by atoms with E-state index in [1.54, 1.807) is 11.3 Å². The molecule has 1 aromatic carbocycles. The summed E-state index contributed by atoms with van der Waals surface area (Å²) in [7, 11) is 0. The lowest BCUT2D eigenvalue weighted by atomic mass is 9.98. The van der Waals surface area contributed by atoms with E-state index in [1.807, 2.05) is 13.0 Å². The van der Waals surface area contributed by atoms with Crippen molar-refractivity contribution in [1.29, 1.82) is 0 Å². The van der Waals surface area contributed by atoms with Crippen LogP contribution < -0.4 is 10.1 Å². The highest BCUT2D eigenvalue weighted by Crippen LogP contribution is 2.33. The van der Waals surface area contributed by atoms with Crippen molar-refractivity contribution in [2.75, 3.05) is 13.2 Å². The van der Waals surface area contributed by atoms with Crippen LogP contribution in [-0.4, -0.2) is 13.2 Å². The number of thiophene rings is 1. The zero-order valence-electron chi connectivity index (χ0n) is 12.5. The summed E-state index contributed by atoms with van der Waals surface area (Å²) in [6.07, 6.45) is 1.12. The van der Waals surface area contributed by atoms with Gasteiger partial charge in [0.1, 0.15) is 5.75 Å². The first-order valence-corrected chi connectivity index (χ1v) is 8.15. The minimum atomic E-state index is 0.212. The molecule has 0 aliphatic rings. The fourth-order valence-corrected chi connectivity index (χ4v) is 3.12. The quantitative estimate of drug-likeness (QED) is 0.807. The van der Waals surface area contributed by atoms with Gasteiger partial charge in [0.15, 0.2) is 0 Å². The number of nitrogens with one attached hydrogen (secondary N) is 1. The molecular formula is C17H23NOS. The molecule has 1 unspecified atom stereocenters. The number of ether oxygens (including phenoxy) is 1. The first-order chi connectivity index (χ1) is 9.77. The van der Waals surface area contributed by atoms with Crippen molar-refractivity contribution in [2.45, 2.75) is 33.2 Å². The van der Waals surface area contributed by atoms with E-state index in [2.05, 4.69) is 48.8 Å². The molecule has 20 heavy (non-hydrogen) atoms. The molecule has 0 saturated heterocycles. The van der Waals surface area contributed by atoms with Gasteiger partial charge in [-0.05, 0) is 49.9 Å². The van der Waals surface area contributed by atoms with Crippen molar-refractivity contribution in [2.24, 2.45) is 0 Å². The maximum absolute atomic E-state index is 5.80. The van der Waals surface area contributed by atoms with E-state index in [9.17, 15) is 0 Å². The first kappa shape index (κ1) is 15.1. The number of hydrogen-bond acceptors (Lipinski definition) is 3. The molecule has 2 rings (SSSR count). The van der Waals surface area contributed by atoms with E-state index in [0.29, 0.717) is 6.61 Å². The molecule has 0 aliphatic carbocycles. The topological polar surface area (TPSA) is 21.3 Å². The minimum absolute atomic E-state index is 0.212. The van der Waals surface area contributed by atoms with Crippen LogP contribution in [0, 0.1) is 6.92 Å². The molecule has 2 aromatic rings. The smallest absolute Gasteiger partial charge is 0.124 e. The summed E-state index contributed by atoms with van der Waals surface area (Å²) in [4.78, 5) is 1.37. The van der Waals surface area contributed by atoms with E-state index >= 15 is 0 Å². The molecule has 108 valence electrons. The third kappa shape index (κ3) is 3.41. The predicted octanol–water partition coefficient (Wildman–Crippen LogP) is 4.54. The van der Waals surface area contributed by atoms with Crippen molar-refractivity contribution in [3.63, 3.8) is 0 Å². The zero-order valence-corrected chi connectivity index (χ0v) is 13.3. The van der Waals surface area contributed by atoms with Gasteiger partial charge in [-0.2, -0.15) is 0 Å². The molecule has 1 atom stereocenters. The van der Waals surface area contributed by atoms with Crippen LogP contribution in [0.4, 0.5) is 0 Å². The van der Waals surface area contributed by atoms with Crippen molar-refractivity contribution < 1.29 is 4.74 Å². The lowest BCUT2D eigenvalue weighted by Gasteiger charge is -2.22. The molecule has 0 bridgehead atoms. The molecule has 1 aromatic heterocycles. The molecule has 0 spiro atoms. The summed E-state index contributed by atoms with van der Waals surface area (Å²) in [5.41, 5.74) is 2.58. The summed E-state index contributed by atoms with van der Waals surface area (Å²) >= 11 is 1.80. The third-order valence-corrected chi connectivity index (χ3v) is 4.20. The first-order valence-electron chi connectivity index (χ1n) is 7.27. The summed E-state index contributed by atoms with van der Waals surface area (Å²) in [6.45, 7) is 8.10. The van der Waals surface area contributed by atoms with E-state index in [0.717, 1.165) is 18.7 Å². The Balaban J connectivity index is 2.38. The van der Waals surface area contributed by atoms with Gasteiger partial charge in [0.05, 0.1) is 12.6 Å². The molecule has 0 aliphatic heterocycles. The SMILES string of the molecule is CCCNC(c1ccccc1OCC)c1ccsc1C. The Morgan fingerprint density at radius 1 is 1.15 bits per heavy atom. The Hall–Kier alpha value is -1.32. The van der Waals surface area contributed by atoms with Crippen LogP contribution >= 0.6 is 11.3 Å². The van der Waals surface area contributed by atoms with Gasteiger partial charge in [-0.25, -0.2) is 0 Å². The summed E-state index contributed by atoms with van der Waals surface area (Å²) in [5, 5.41) is 5.82. The summed E-state index contributed by atoms with van der Waals surface area (Å²) in [6, 6.07) is 10.8. The lowest BCUT2D eigenvalue weighted by Crippen LogP contribution is -2.24. The lowest BCUT2D eigenvalue weighted by molar-refractivity contribution is 0.333. The molecule has 3 heteroatoms. The Labute approximate surface area is 125 Å². The second kappa shape index (κ2) is 7.46. The number of rotatable bonds is 7. The van der Waals surface area contributed by atoms with Gasteiger partial charge in [0.2, 0.25) is 0 Å². The van der Waals surface area contributed by atoms with Crippen LogP contribution in [-0.2, 0) is 0 Å². The van der Waals surface area contributed by atoms with Crippen molar-refractivity contribution >= 4 is 11.3 Å². The molecule has 0 fully saturated rings. The fourth-order valence-electron chi connectivity index (χ4n) is 2.38. The maximum atomic E-state index is 5.80. The fraction of sp³-hybridized carbons (Fsp3) is 0.412. The summed E-state index contributed by atoms with van der Waals surface area (Å²) in [5.74, 6) is 0.981. The number of aryl methyl sites for hydroxylation is 1. The average Bonchev–Trinajstić information content (AvgIpc) is 2.88. The molecule has 0 saturated carbocycles. The average molecular weight is 289 g/mol.